The van der Waals surface area contributed by atoms with E-state index in [1.807, 2.05) is 42.5 Å². The van der Waals surface area contributed by atoms with Gasteiger partial charge in [-0.2, -0.15) is 0 Å². The Bertz CT molecular complexity index is 813. The Morgan fingerprint density at radius 1 is 1.18 bits per heavy atom. The van der Waals surface area contributed by atoms with E-state index in [0.717, 1.165) is 17.0 Å². The van der Waals surface area contributed by atoms with Crippen molar-refractivity contribution in [3.63, 3.8) is 0 Å². The summed E-state index contributed by atoms with van der Waals surface area (Å²) in [4.78, 5) is 14.5. The fourth-order valence-electron chi connectivity index (χ4n) is 2.88. The van der Waals surface area contributed by atoms with Gasteiger partial charge in [0.15, 0.2) is 11.5 Å². The molecule has 6 nitrogen and oxygen atoms in total. The number of fused-ring (bicyclic) bond motifs is 1. The van der Waals surface area contributed by atoms with Gasteiger partial charge in [-0.15, -0.1) is 12.4 Å². The van der Waals surface area contributed by atoms with Gasteiger partial charge in [-0.25, -0.2) is 0 Å². The van der Waals surface area contributed by atoms with Gasteiger partial charge in [-0.05, 0) is 18.2 Å². The number of rotatable bonds is 8. The molecular formula is C21H25ClN2O4. The first kappa shape index (κ1) is 21.6. The number of amides is 1. The van der Waals surface area contributed by atoms with Gasteiger partial charge < -0.3 is 24.8 Å². The summed E-state index contributed by atoms with van der Waals surface area (Å²) < 4.78 is 17.0. The van der Waals surface area contributed by atoms with Gasteiger partial charge in [-0.1, -0.05) is 30.9 Å². The molecule has 0 fully saturated rings. The Morgan fingerprint density at radius 3 is 2.68 bits per heavy atom. The van der Waals surface area contributed by atoms with Gasteiger partial charge in [0.2, 0.25) is 5.91 Å². The molecule has 0 unspecified atom stereocenters. The van der Waals surface area contributed by atoms with E-state index >= 15 is 0 Å². The van der Waals surface area contributed by atoms with Crippen LogP contribution in [0.1, 0.15) is 12.0 Å². The summed E-state index contributed by atoms with van der Waals surface area (Å²) in [5.41, 5.74) is 7.25. The summed E-state index contributed by atoms with van der Waals surface area (Å²) in [6.45, 7) is 5.75. The summed E-state index contributed by atoms with van der Waals surface area (Å²) >= 11 is 0. The minimum absolute atomic E-state index is 0. The molecule has 1 aliphatic heterocycles. The maximum atomic E-state index is 12.8. The third kappa shape index (κ3) is 5.18. The van der Waals surface area contributed by atoms with Crippen LogP contribution >= 0.6 is 12.4 Å². The van der Waals surface area contributed by atoms with E-state index in [9.17, 15) is 4.79 Å². The van der Waals surface area contributed by atoms with Crippen LogP contribution in [0.5, 0.6) is 17.2 Å². The Hall–Kier alpha value is -2.70. The summed E-state index contributed by atoms with van der Waals surface area (Å²) in [6.07, 6.45) is 1.94. The predicted molar refractivity (Wildman–Crippen MR) is 112 cm³/mol. The predicted octanol–water partition coefficient (Wildman–Crippen LogP) is 3.33. The van der Waals surface area contributed by atoms with E-state index in [2.05, 4.69) is 6.58 Å². The maximum Gasteiger partial charge on any atom is 0.228 e. The third-order valence-electron chi connectivity index (χ3n) is 4.15. The van der Waals surface area contributed by atoms with Crippen molar-refractivity contribution < 1.29 is 19.0 Å². The molecule has 0 atom stereocenters. The molecule has 0 aromatic heterocycles. The average molecular weight is 405 g/mol. The van der Waals surface area contributed by atoms with Crippen molar-refractivity contribution in [2.75, 3.05) is 31.3 Å². The van der Waals surface area contributed by atoms with Gasteiger partial charge in [0.05, 0.1) is 6.54 Å². The zero-order valence-corrected chi connectivity index (χ0v) is 16.5. The smallest absolute Gasteiger partial charge is 0.228 e. The molecule has 0 aliphatic carbocycles. The Morgan fingerprint density at radius 2 is 1.93 bits per heavy atom. The van der Waals surface area contributed by atoms with Crippen molar-refractivity contribution in [3.05, 3.63) is 60.7 Å². The Labute approximate surface area is 171 Å². The third-order valence-corrected chi connectivity index (χ3v) is 4.15. The molecule has 0 radical (unpaired) electrons. The first-order chi connectivity index (χ1) is 13.2. The number of anilines is 1. The van der Waals surface area contributed by atoms with Crippen LogP contribution in [0.2, 0.25) is 0 Å². The van der Waals surface area contributed by atoms with Crippen molar-refractivity contribution in [1.82, 2.24) is 0 Å². The monoisotopic (exact) mass is 404 g/mol. The minimum atomic E-state index is -0.0623. The van der Waals surface area contributed by atoms with Crippen LogP contribution in [0.15, 0.2) is 55.1 Å². The molecule has 28 heavy (non-hydrogen) atoms. The molecule has 2 aromatic carbocycles. The molecule has 1 amide bonds. The second-order valence-corrected chi connectivity index (χ2v) is 6.05. The first-order valence-electron chi connectivity index (χ1n) is 8.94. The van der Waals surface area contributed by atoms with E-state index in [1.54, 1.807) is 11.0 Å². The van der Waals surface area contributed by atoms with E-state index in [0.29, 0.717) is 37.9 Å². The van der Waals surface area contributed by atoms with E-state index in [-0.39, 0.29) is 31.3 Å². The standard InChI is InChI=1S/C21H24N2O4.ClH/c1-2-11-25-18-6-4-3-5-16(18)15-23(21(24)9-10-22)17-7-8-19-20(14-17)27-13-12-26-19;/h2-8,14H,1,9-13,15,22H2;1H. The second kappa shape index (κ2) is 10.6. The molecule has 0 spiro atoms. The number of nitrogens with two attached hydrogens (primary N) is 1. The normalized spacial score (nSPS) is 11.9. The second-order valence-electron chi connectivity index (χ2n) is 6.05. The first-order valence-corrected chi connectivity index (χ1v) is 8.94. The van der Waals surface area contributed by atoms with Crippen molar-refractivity contribution in [2.24, 2.45) is 5.73 Å². The Balaban J connectivity index is 0.00000280. The lowest BCUT2D eigenvalue weighted by Crippen LogP contribution is -2.32. The molecule has 7 heteroatoms. The van der Waals surface area contributed by atoms with Crippen molar-refractivity contribution in [3.8, 4) is 17.2 Å². The highest BCUT2D eigenvalue weighted by atomic mass is 35.5. The van der Waals surface area contributed by atoms with Crippen LogP contribution < -0.4 is 24.8 Å². The van der Waals surface area contributed by atoms with Crippen molar-refractivity contribution >= 4 is 24.0 Å². The quantitative estimate of drug-likeness (QED) is 0.683. The number of hydrogen-bond acceptors (Lipinski definition) is 5. The maximum absolute atomic E-state index is 12.8. The molecule has 2 N–H and O–H groups in total. The summed E-state index contributed by atoms with van der Waals surface area (Å²) in [7, 11) is 0. The minimum Gasteiger partial charge on any atom is -0.489 e. The number of carbonyl (C=O) groups excluding carboxylic acids is 1. The molecule has 0 bridgehead atoms. The van der Waals surface area contributed by atoms with Crippen molar-refractivity contribution in [2.45, 2.75) is 13.0 Å². The summed E-state index contributed by atoms with van der Waals surface area (Å²) in [5.74, 6) is 1.99. The fraction of sp³-hybridized carbons (Fsp3) is 0.286. The van der Waals surface area contributed by atoms with E-state index in [4.69, 9.17) is 19.9 Å². The van der Waals surface area contributed by atoms with Crippen LogP contribution in [0.3, 0.4) is 0 Å². The largest absolute Gasteiger partial charge is 0.489 e. The lowest BCUT2D eigenvalue weighted by atomic mass is 10.1. The Kier molecular flexibility index (Phi) is 8.17. The topological polar surface area (TPSA) is 74.0 Å². The van der Waals surface area contributed by atoms with Gasteiger partial charge in [0, 0.05) is 30.3 Å². The molecule has 1 heterocycles. The van der Waals surface area contributed by atoms with Crippen molar-refractivity contribution in [1.29, 1.82) is 0 Å². The van der Waals surface area contributed by atoms with Crippen LogP contribution in [-0.4, -0.2) is 32.3 Å². The lowest BCUT2D eigenvalue weighted by Gasteiger charge is -2.26. The van der Waals surface area contributed by atoms with Crippen LogP contribution in [0.4, 0.5) is 5.69 Å². The summed E-state index contributed by atoms with van der Waals surface area (Å²) in [6, 6.07) is 13.2. The number of benzene rings is 2. The van der Waals surface area contributed by atoms with Crippen LogP contribution in [0.25, 0.3) is 0 Å². The zero-order valence-electron chi connectivity index (χ0n) is 15.6. The highest BCUT2D eigenvalue weighted by molar-refractivity contribution is 5.93. The van der Waals surface area contributed by atoms with Gasteiger partial charge >= 0.3 is 0 Å². The molecule has 1 aliphatic rings. The van der Waals surface area contributed by atoms with Crippen LogP contribution in [-0.2, 0) is 11.3 Å². The number of ether oxygens (including phenoxy) is 3. The molecule has 0 saturated carbocycles. The van der Waals surface area contributed by atoms with E-state index < -0.39 is 0 Å². The lowest BCUT2D eigenvalue weighted by molar-refractivity contribution is -0.118. The number of nitrogens with zero attached hydrogens (tertiary/aromatic N) is 1. The fourth-order valence-corrected chi connectivity index (χ4v) is 2.88. The molecule has 150 valence electrons. The van der Waals surface area contributed by atoms with E-state index in [1.165, 1.54) is 0 Å². The highest BCUT2D eigenvalue weighted by Crippen LogP contribution is 2.35. The molecular weight excluding hydrogens is 380 g/mol. The average Bonchev–Trinajstić information content (AvgIpc) is 2.71. The highest BCUT2D eigenvalue weighted by Gasteiger charge is 2.20. The summed E-state index contributed by atoms with van der Waals surface area (Å²) in [5, 5.41) is 0. The SMILES string of the molecule is C=CCOc1ccccc1CN(C(=O)CCN)c1ccc2c(c1)OCCO2.Cl. The van der Waals surface area contributed by atoms with Crippen LogP contribution in [0, 0.1) is 0 Å². The number of hydrogen-bond donors (Lipinski definition) is 1. The number of para-hydroxylation sites is 1. The van der Waals surface area contributed by atoms with Gasteiger partial charge in [0.1, 0.15) is 25.6 Å². The molecule has 0 saturated heterocycles. The number of halogens is 1. The van der Waals surface area contributed by atoms with Gasteiger partial charge in [-0.3, -0.25) is 4.79 Å². The number of carbonyl (C=O) groups is 1. The molecule has 3 rings (SSSR count). The molecule has 2 aromatic rings. The zero-order chi connectivity index (χ0) is 19.1. The van der Waals surface area contributed by atoms with Gasteiger partial charge in [0.25, 0.3) is 0 Å².